The summed E-state index contributed by atoms with van der Waals surface area (Å²) >= 11 is 0. The Bertz CT molecular complexity index is 1220. The van der Waals surface area contributed by atoms with E-state index in [-0.39, 0.29) is 40.8 Å². The Morgan fingerprint density at radius 1 is 0.979 bits per heavy atom. The Labute approximate surface area is 290 Å². The van der Waals surface area contributed by atoms with Crippen molar-refractivity contribution in [3.05, 3.63) is 0 Å². The molecule has 8 rings (SSSR count). The minimum absolute atomic E-state index is 0.0221. The number of rotatable bonds is 7. The molecule has 8 aliphatic rings. The van der Waals surface area contributed by atoms with E-state index in [4.69, 9.17) is 23.7 Å². The molecule has 274 valence electrons. The number of hydrogen-bond acceptors (Lipinski definition) is 8. The highest BCUT2D eigenvalue weighted by atomic mass is 16.7. The van der Waals surface area contributed by atoms with Crippen LogP contribution in [0.4, 0.5) is 0 Å². The Morgan fingerprint density at radius 2 is 1.73 bits per heavy atom. The number of hydrogen-bond donors (Lipinski definition) is 2. The highest BCUT2D eigenvalue weighted by Crippen LogP contribution is 2.89. The van der Waals surface area contributed by atoms with Gasteiger partial charge in [-0.15, -0.1) is 0 Å². The lowest BCUT2D eigenvalue weighted by Gasteiger charge is -2.64. The van der Waals surface area contributed by atoms with Gasteiger partial charge in [-0.2, -0.15) is 0 Å². The number of fused-ring (bicyclic) bond motifs is 4. The van der Waals surface area contributed by atoms with Crippen LogP contribution < -0.4 is 0 Å². The van der Waals surface area contributed by atoms with Gasteiger partial charge in [0.25, 0.3) is 0 Å². The number of ether oxygens (including phenoxy) is 5. The topological polar surface area (TPSA) is 89.9 Å². The highest BCUT2D eigenvalue weighted by molar-refractivity contribution is 5.33. The molecular weight excluding hydrogens is 606 g/mol. The molecule has 3 aliphatic heterocycles. The molecule has 5 saturated carbocycles. The largest absolute Gasteiger partial charge is 0.390 e. The standard InChI is InChI=1S/C40H67NO7/c1-9-45-34(36(5,6)43)26-20-24(2)31-32(47-26)33(42)38(8)28-11-10-27-35(3,4)29(12-14-39(27)23-40(28,39)16-15-37(31,38)7)48-30-21-41(17-19-46-30)25-13-18-44-22-25/h24-34,42-43H,9-23H2,1-8H3/t24-,25?,26?,27+,28?,29?,30+,31+,32?,33+,34?,37?,38-,39?,40?/m1/s1. The second-order valence-electron chi connectivity index (χ2n) is 19.5. The Morgan fingerprint density at radius 3 is 2.44 bits per heavy atom. The normalized spacial score (nSPS) is 53.6. The lowest BCUT2D eigenvalue weighted by molar-refractivity contribution is -0.251. The van der Waals surface area contributed by atoms with Gasteiger partial charge >= 0.3 is 0 Å². The molecule has 8 fully saturated rings. The van der Waals surface area contributed by atoms with Crippen molar-refractivity contribution in [1.29, 1.82) is 0 Å². The molecule has 48 heavy (non-hydrogen) atoms. The van der Waals surface area contributed by atoms with Gasteiger partial charge in [-0.25, -0.2) is 0 Å². The smallest absolute Gasteiger partial charge is 0.170 e. The molecular formula is C40H67NO7. The van der Waals surface area contributed by atoms with Crippen LogP contribution in [0.1, 0.15) is 113 Å². The van der Waals surface area contributed by atoms with E-state index in [1.807, 2.05) is 20.8 Å². The van der Waals surface area contributed by atoms with Gasteiger partial charge in [0, 0.05) is 37.8 Å². The number of aliphatic hydroxyl groups is 2. The van der Waals surface area contributed by atoms with Crippen LogP contribution in [0, 0.1) is 50.7 Å². The molecule has 0 bridgehead atoms. The maximum atomic E-state index is 12.6. The van der Waals surface area contributed by atoms with Crippen LogP contribution in [-0.2, 0) is 23.7 Å². The van der Waals surface area contributed by atoms with Crippen molar-refractivity contribution in [2.75, 3.05) is 39.5 Å². The van der Waals surface area contributed by atoms with E-state index < -0.39 is 17.8 Å². The third-order valence-electron chi connectivity index (χ3n) is 16.9. The molecule has 0 amide bonds. The van der Waals surface area contributed by atoms with E-state index in [2.05, 4.69) is 39.5 Å². The average molecular weight is 674 g/mol. The maximum Gasteiger partial charge on any atom is 0.170 e. The fourth-order valence-electron chi connectivity index (χ4n) is 14.7. The Hall–Kier alpha value is -0.320. The number of morpholine rings is 1. The van der Waals surface area contributed by atoms with E-state index in [1.165, 1.54) is 38.5 Å². The number of nitrogens with zero attached hydrogens (tertiary/aromatic N) is 1. The fourth-order valence-corrected chi connectivity index (χ4v) is 14.7. The van der Waals surface area contributed by atoms with Crippen LogP contribution in [0.25, 0.3) is 0 Å². The minimum Gasteiger partial charge on any atom is -0.390 e. The van der Waals surface area contributed by atoms with Gasteiger partial charge in [0.05, 0.1) is 43.2 Å². The Balaban J connectivity index is 1.02. The molecule has 2 spiro atoms. The fraction of sp³-hybridized carbons (Fsp3) is 1.00. The van der Waals surface area contributed by atoms with Crippen molar-refractivity contribution in [3.8, 4) is 0 Å². The minimum atomic E-state index is -1.01. The summed E-state index contributed by atoms with van der Waals surface area (Å²) in [7, 11) is 0. The monoisotopic (exact) mass is 673 g/mol. The Kier molecular flexibility index (Phi) is 8.39. The summed E-state index contributed by atoms with van der Waals surface area (Å²) in [6.07, 6.45) is 9.18. The van der Waals surface area contributed by atoms with Crippen LogP contribution in [0.5, 0.6) is 0 Å². The molecule has 0 aromatic carbocycles. The summed E-state index contributed by atoms with van der Waals surface area (Å²) in [5, 5.41) is 23.7. The van der Waals surface area contributed by atoms with Crippen LogP contribution in [-0.4, -0.2) is 103 Å². The van der Waals surface area contributed by atoms with E-state index in [0.29, 0.717) is 47.2 Å². The molecule has 9 unspecified atom stereocenters. The second kappa shape index (κ2) is 11.6. The van der Waals surface area contributed by atoms with Crippen LogP contribution in [0.15, 0.2) is 0 Å². The quantitative estimate of drug-likeness (QED) is 0.350. The van der Waals surface area contributed by atoms with Crippen molar-refractivity contribution in [3.63, 3.8) is 0 Å². The predicted octanol–water partition coefficient (Wildman–Crippen LogP) is 5.81. The van der Waals surface area contributed by atoms with Crippen molar-refractivity contribution in [1.82, 2.24) is 4.90 Å². The first-order valence-electron chi connectivity index (χ1n) is 19.9. The zero-order valence-electron chi connectivity index (χ0n) is 31.3. The summed E-state index contributed by atoms with van der Waals surface area (Å²) in [6.45, 7) is 22.8. The van der Waals surface area contributed by atoms with Crippen molar-refractivity contribution in [2.24, 2.45) is 50.7 Å². The average Bonchev–Trinajstić information content (AvgIpc) is 3.29. The molecule has 3 saturated heterocycles. The maximum absolute atomic E-state index is 12.6. The van der Waals surface area contributed by atoms with Gasteiger partial charge in [0.15, 0.2) is 6.29 Å². The summed E-state index contributed by atoms with van der Waals surface area (Å²) in [5.41, 5.74) is -0.445. The van der Waals surface area contributed by atoms with Crippen molar-refractivity contribution in [2.45, 2.75) is 162 Å². The molecule has 15 atom stereocenters. The van der Waals surface area contributed by atoms with E-state index >= 15 is 0 Å². The van der Waals surface area contributed by atoms with Gasteiger partial charge in [-0.1, -0.05) is 34.6 Å². The van der Waals surface area contributed by atoms with Crippen LogP contribution >= 0.6 is 0 Å². The third kappa shape index (κ3) is 4.67. The second-order valence-corrected chi connectivity index (χ2v) is 19.5. The molecule has 8 nitrogen and oxygen atoms in total. The summed E-state index contributed by atoms with van der Waals surface area (Å²) in [4.78, 5) is 2.54. The predicted molar refractivity (Wildman–Crippen MR) is 183 cm³/mol. The summed E-state index contributed by atoms with van der Waals surface area (Å²) in [5.74, 6) is 1.85. The first-order valence-corrected chi connectivity index (χ1v) is 19.9. The van der Waals surface area contributed by atoms with Crippen LogP contribution in [0.2, 0.25) is 0 Å². The molecule has 5 aliphatic carbocycles. The van der Waals surface area contributed by atoms with Gasteiger partial charge in [-0.05, 0) is 124 Å². The van der Waals surface area contributed by atoms with E-state index in [1.54, 1.807) is 0 Å². The lowest BCUT2D eigenvalue weighted by atomic mass is 9.41. The molecule has 8 heteroatoms. The SMILES string of the molecule is CCOC(C1C[C@@H](C)[C@H]2C(O1)[C@H](O)[C@@]1(C)C3CC[C@H]4C(C)(C)C(O[C@H]5CN(C6CCOC6)CCO5)CCC45CC35CCC21C)C(C)(C)O. The number of aliphatic hydroxyl groups excluding tert-OH is 1. The molecule has 2 N–H and O–H groups in total. The highest BCUT2D eigenvalue weighted by Gasteiger charge is 2.84. The third-order valence-corrected chi connectivity index (χ3v) is 16.9. The van der Waals surface area contributed by atoms with Crippen LogP contribution in [0.3, 0.4) is 0 Å². The zero-order chi connectivity index (χ0) is 34.1. The lowest BCUT2D eigenvalue weighted by Crippen LogP contribution is -2.60. The molecule has 0 aromatic rings. The molecule has 0 radical (unpaired) electrons. The van der Waals surface area contributed by atoms with E-state index in [0.717, 1.165) is 52.2 Å². The van der Waals surface area contributed by atoms with Gasteiger partial charge < -0.3 is 33.9 Å². The van der Waals surface area contributed by atoms with Gasteiger partial charge in [-0.3, -0.25) is 4.90 Å². The zero-order valence-corrected chi connectivity index (χ0v) is 31.3. The molecule has 0 aromatic heterocycles. The first kappa shape index (κ1) is 34.7. The van der Waals surface area contributed by atoms with Crippen molar-refractivity contribution < 1.29 is 33.9 Å². The molecule has 3 heterocycles. The van der Waals surface area contributed by atoms with Crippen molar-refractivity contribution >= 4 is 0 Å². The van der Waals surface area contributed by atoms with E-state index in [9.17, 15) is 10.2 Å². The summed E-state index contributed by atoms with van der Waals surface area (Å²) < 4.78 is 32.0. The van der Waals surface area contributed by atoms with Gasteiger partial charge in [0.2, 0.25) is 0 Å². The first-order chi connectivity index (χ1) is 22.6. The summed E-state index contributed by atoms with van der Waals surface area (Å²) in [6, 6.07) is 0.504. The van der Waals surface area contributed by atoms with Gasteiger partial charge in [0.1, 0.15) is 6.10 Å².